The number of alkyl halides is 3. The number of hydrogen-bond acceptors (Lipinski definition) is 4. The maximum atomic E-state index is 13.4. The highest BCUT2D eigenvalue weighted by Crippen LogP contribution is 2.37. The van der Waals surface area contributed by atoms with Crippen LogP contribution in [0.15, 0.2) is 60.8 Å². The van der Waals surface area contributed by atoms with Crippen LogP contribution in [0.4, 0.5) is 24.8 Å². The molecule has 0 saturated heterocycles. The van der Waals surface area contributed by atoms with Crippen molar-refractivity contribution in [2.24, 2.45) is 0 Å². The Balaban J connectivity index is 1.98. The number of rotatable bonds is 6. The smallest absolute Gasteiger partial charge is 0.423 e. The Morgan fingerprint density at radius 2 is 1.79 bits per heavy atom. The molecule has 3 aromatic rings. The lowest BCUT2D eigenvalue weighted by molar-refractivity contribution is -0.139. The number of hydrogen-bond donors (Lipinski definition) is 0. The quantitative estimate of drug-likeness (QED) is 0.519. The van der Waals surface area contributed by atoms with E-state index in [-0.39, 0.29) is 11.7 Å². The zero-order valence-corrected chi connectivity index (χ0v) is 15.6. The first kappa shape index (κ1) is 19.7. The van der Waals surface area contributed by atoms with Crippen molar-refractivity contribution in [3.8, 4) is 11.6 Å². The van der Waals surface area contributed by atoms with Gasteiger partial charge in [0, 0.05) is 18.9 Å². The maximum absolute atomic E-state index is 13.4. The Bertz CT molecular complexity index is 930. The van der Waals surface area contributed by atoms with E-state index in [9.17, 15) is 13.2 Å². The van der Waals surface area contributed by atoms with Crippen molar-refractivity contribution < 1.29 is 17.9 Å². The van der Waals surface area contributed by atoms with E-state index >= 15 is 0 Å². The molecule has 2 aromatic carbocycles. The number of aryl methyl sites for hydroxylation is 1. The van der Waals surface area contributed by atoms with Crippen LogP contribution in [0.3, 0.4) is 0 Å². The van der Waals surface area contributed by atoms with Gasteiger partial charge in [-0.15, -0.1) is 0 Å². The largest absolute Gasteiger partial charge is 0.438 e. The van der Waals surface area contributed by atoms with Crippen molar-refractivity contribution in [3.63, 3.8) is 0 Å². The molecule has 0 saturated carbocycles. The molecule has 0 atom stereocenters. The molecular weight excluding hydrogens is 367 g/mol. The van der Waals surface area contributed by atoms with Gasteiger partial charge in [-0.1, -0.05) is 43.7 Å². The molecule has 146 valence electrons. The molecule has 0 aliphatic rings. The normalized spacial score (nSPS) is 11.3. The van der Waals surface area contributed by atoms with Crippen LogP contribution in [0.1, 0.15) is 24.5 Å². The molecule has 0 aliphatic carbocycles. The van der Waals surface area contributed by atoms with Gasteiger partial charge in [0.15, 0.2) is 0 Å². The summed E-state index contributed by atoms with van der Waals surface area (Å²) in [6.45, 7) is 2.09. The first-order valence-electron chi connectivity index (χ1n) is 8.88. The van der Waals surface area contributed by atoms with Crippen molar-refractivity contribution in [1.29, 1.82) is 0 Å². The van der Waals surface area contributed by atoms with Crippen molar-refractivity contribution in [1.82, 2.24) is 9.97 Å². The van der Waals surface area contributed by atoms with E-state index < -0.39 is 17.6 Å². The maximum Gasteiger partial charge on any atom is 0.423 e. The molecular formula is C21H20F3N3O. The van der Waals surface area contributed by atoms with E-state index in [0.29, 0.717) is 0 Å². The number of ether oxygens (including phenoxy) is 1. The minimum absolute atomic E-state index is 0.118. The third-order valence-electron chi connectivity index (χ3n) is 4.14. The molecule has 0 unspecified atom stereocenters. The molecule has 1 aromatic heterocycles. The third kappa shape index (κ3) is 4.60. The topological polar surface area (TPSA) is 38.2 Å². The summed E-state index contributed by atoms with van der Waals surface area (Å²) in [7, 11) is 1.71. The molecule has 0 bridgehead atoms. The molecule has 0 spiro atoms. The third-order valence-corrected chi connectivity index (χ3v) is 4.14. The minimum atomic E-state index is -4.62. The van der Waals surface area contributed by atoms with Gasteiger partial charge in [0.1, 0.15) is 11.3 Å². The Morgan fingerprint density at radius 3 is 2.46 bits per heavy atom. The highest BCUT2D eigenvalue weighted by Gasteiger charge is 2.36. The van der Waals surface area contributed by atoms with Gasteiger partial charge >= 0.3 is 6.18 Å². The summed E-state index contributed by atoms with van der Waals surface area (Å²) in [5.41, 5.74) is 0.907. The summed E-state index contributed by atoms with van der Waals surface area (Å²) in [5.74, 6) is -0.141. The zero-order chi connectivity index (χ0) is 20.1. The number of halogens is 3. The van der Waals surface area contributed by atoms with E-state index in [1.165, 1.54) is 0 Å². The van der Waals surface area contributed by atoms with Gasteiger partial charge in [0.2, 0.25) is 11.8 Å². The van der Waals surface area contributed by atoms with Crippen LogP contribution in [0.2, 0.25) is 0 Å². The van der Waals surface area contributed by atoms with Crippen molar-refractivity contribution in [3.05, 3.63) is 71.9 Å². The average molecular weight is 387 g/mol. The Labute approximate surface area is 161 Å². The Hall–Kier alpha value is -3.09. The lowest BCUT2D eigenvalue weighted by Crippen LogP contribution is -2.16. The summed E-state index contributed by atoms with van der Waals surface area (Å²) in [6.07, 6.45) is -1.95. The zero-order valence-electron chi connectivity index (χ0n) is 15.6. The van der Waals surface area contributed by atoms with E-state index in [1.54, 1.807) is 42.3 Å². The predicted octanol–water partition coefficient (Wildman–Crippen LogP) is 6.01. The summed E-state index contributed by atoms with van der Waals surface area (Å²) >= 11 is 0. The summed E-state index contributed by atoms with van der Waals surface area (Å²) in [6, 6.07) is 16.0. The fourth-order valence-corrected chi connectivity index (χ4v) is 2.72. The monoisotopic (exact) mass is 387 g/mol. The molecule has 0 amide bonds. The lowest BCUT2D eigenvalue weighted by Gasteiger charge is -2.20. The van der Waals surface area contributed by atoms with Crippen LogP contribution in [0.5, 0.6) is 11.6 Å². The number of nitrogens with zero attached hydrogens (tertiary/aromatic N) is 3. The molecule has 1 heterocycles. The van der Waals surface area contributed by atoms with Crippen LogP contribution in [0.25, 0.3) is 0 Å². The standard InChI is InChI=1S/C21H20F3N3O/c1-3-8-15-9-7-10-16(13-15)27(2)20-25-14-18(21(22,23)24)19(26-20)28-17-11-5-4-6-12-17/h4-7,9-14H,3,8H2,1-2H3. The lowest BCUT2D eigenvalue weighted by atomic mass is 10.1. The second kappa shape index (κ2) is 8.29. The van der Waals surface area contributed by atoms with E-state index in [0.717, 1.165) is 30.3 Å². The number of benzene rings is 2. The first-order valence-corrected chi connectivity index (χ1v) is 8.88. The van der Waals surface area contributed by atoms with Crippen LogP contribution in [0, 0.1) is 0 Å². The number of aromatic nitrogens is 2. The Morgan fingerprint density at radius 1 is 1.04 bits per heavy atom. The second-order valence-electron chi connectivity index (χ2n) is 6.28. The molecule has 7 heteroatoms. The molecule has 4 nitrogen and oxygen atoms in total. The molecule has 3 rings (SSSR count). The van der Waals surface area contributed by atoms with Gasteiger partial charge < -0.3 is 9.64 Å². The minimum Gasteiger partial charge on any atom is -0.438 e. The van der Waals surface area contributed by atoms with Crippen LogP contribution in [-0.4, -0.2) is 17.0 Å². The highest BCUT2D eigenvalue weighted by atomic mass is 19.4. The van der Waals surface area contributed by atoms with Gasteiger partial charge in [0.05, 0.1) is 0 Å². The Kier molecular flexibility index (Phi) is 5.82. The van der Waals surface area contributed by atoms with Gasteiger partial charge in [-0.2, -0.15) is 18.2 Å². The van der Waals surface area contributed by atoms with Gasteiger partial charge in [-0.05, 0) is 36.2 Å². The van der Waals surface area contributed by atoms with Crippen LogP contribution in [-0.2, 0) is 12.6 Å². The average Bonchev–Trinajstić information content (AvgIpc) is 2.68. The van der Waals surface area contributed by atoms with Gasteiger partial charge in [-0.3, -0.25) is 0 Å². The predicted molar refractivity (Wildman–Crippen MR) is 102 cm³/mol. The number of anilines is 2. The van der Waals surface area contributed by atoms with Crippen molar-refractivity contribution in [2.45, 2.75) is 25.9 Å². The van der Waals surface area contributed by atoms with Gasteiger partial charge in [-0.25, -0.2) is 4.98 Å². The summed E-state index contributed by atoms with van der Waals surface area (Å²) < 4.78 is 45.5. The SMILES string of the molecule is CCCc1cccc(N(C)c2ncc(C(F)(F)F)c(Oc3ccccc3)n2)c1. The molecule has 0 aliphatic heterocycles. The first-order chi connectivity index (χ1) is 13.4. The van der Waals surface area contributed by atoms with Gasteiger partial charge in [0.25, 0.3) is 0 Å². The van der Waals surface area contributed by atoms with Crippen molar-refractivity contribution in [2.75, 3.05) is 11.9 Å². The van der Waals surface area contributed by atoms with Crippen LogP contribution < -0.4 is 9.64 Å². The van der Waals surface area contributed by atoms with E-state index in [2.05, 4.69) is 16.9 Å². The molecule has 0 N–H and O–H groups in total. The molecule has 28 heavy (non-hydrogen) atoms. The van der Waals surface area contributed by atoms with E-state index in [1.807, 2.05) is 24.3 Å². The van der Waals surface area contributed by atoms with E-state index in [4.69, 9.17) is 4.74 Å². The summed E-state index contributed by atoms with van der Waals surface area (Å²) in [4.78, 5) is 9.61. The number of para-hydroxylation sites is 1. The second-order valence-corrected chi connectivity index (χ2v) is 6.28. The van der Waals surface area contributed by atoms with Crippen molar-refractivity contribution >= 4 is 11.6 Å². The fraction of sp³-hybridized carbons (Fsp3) is 0.238. The molecule has 0 radical (unpaired) electrons. The fourth-order valence-electron chi connectivity index (χ4n) is 2.72. The molecule has 0 fully saturated rings. The summed E-state index contributed by atoms with van der Waals surface area (Å²) in [5, 5.41) is 0. The highest BCUT2D eigenvalue weighted by molar-refractivity contribution is 5.58. The van der Waals surface area contributed by atoms with Crippen LogP contribution >= 0.6 is 0 Å².